The number of amides is 1. The van der Waals surface area contributed by atoms with Crippen molar-refractivity contribution in [2.75, 3.05) is 0 Å². The molecule has 3 rings (SSSR count). The molecule has 0 radical (unpaired) electrons. The van der Waals surface area contributed by atoms with Gasteiger partial charge in [0.25, 0.3) is 5.91 Å². The van der Waals surface area contributed by atoms with Gasteiger partial charge in [0.05, 0.1) is 12.2 Å². The highest BCUT2D eigenvalue weighted by Crippen LogP contribution is 2.24. The summed E-state index contributed by atoms with van der Waals surface area (Å²) in [4.78, 5) is 18.6. The lowest BCUT2D eigenvalue weighted by Crippen LogP contribution is -2.31. The quantitative estimate of drug-likeness (QED) is 0.621. The zero-order chi connectivity index (χ0) is 20.1. The van der Waals surface area contributed by atoms with Gasteiger partial charge < -0.3 is 10.0 Å². The van der Waals surface area contributed by atoms with Gasteiger partial charge in [-0.1, -0.05) is 41.4 Å². The lowest BCUT2D eigenvalue weighted by atomic mass is 10.1. The van der Waals surface area contributed by atoms with Gasteiger partial charge in [0, 0.05) is 35.5 Å². The third kappa shape index (κ3) is 4.87. The summed E-state index contributed by atoms with van der Waals surface area (Å²) in [6.45, 7) is 0.100. The molecule has 0 aliphatic rings. The normalized spacial score (nSPS) is 10.7. The van der Waals surface area contributed by atoms with Crippen LogP contribution in [-0.4, -0.2) is 20.9 Å². The van der Waals surface area contributed by atoms with Gasteiger partial charge in [0.15, 0.2) is 0 Å². The van der Waals surface area contributed by atoms with E-state index < -0.39 is 11.7 Å². The summed E-state index contributed by atoms with van der Waals surface area (Å²) in [6, 6.07) is 12.7. The molecule has 0 bridgehead atoms. The first-order valence-electron chi connectivity index (χ1n) is 8.49. The second-order valence-electron chi connectivity index (χ2n) is 6.23. The molecule has 0 saturated carbocycles. The highest BCUT2D eigenvalue weighted by molar-refractivity contribution is 6.35. The first-order chi connectivity index (χ1) is 13.5. The average Bonchev–Trinajstić information content (AvgIpc) is 2.69. The Balaban J connectivity index is 1.94. The van der Waals surface area contributed by atoms with Crippen molar-refractivity contribution >= 4 is 29.1 Å². The number of aliphatic hydroxyl groups is 1. The van der Waals surface area contributed by atoms with Crippen LogP contribution in [0.15, 0.2) is 60.9 Å². The Morgan fingerprint density at radius 1 is 1.07 bits per heavy atom. The fraction of sp³-hybridized carbons (Fsp3) is 0.143. The Labute approximate surface area is 172 Å². The van der Waals surface area contributed by atoms with Crippen LogP contribution in [-0.2, 0) is 19.7 Å². The van der Waals surface area contributed by atoms with Crippen LogP contribution < -0.4 is 0 Å². The second kappa shape index (κ2) is 9.15. The molecule has 0 saturated heterocycles. The number of pyridine rings is 1. The largest absolute Gasteiger partial charge is 0.392 e. The molecule has 0 aliphatic carbocycles. The monoisotopic (exact) mass is 418 g/mol. The molecule has 2 aromatic carbocycles. The number of hydrogen-bond donors (Lipinski definition) is 1. The van der Waals surface area contributed by atoms with E-state index in [1.165, 1.54) is 17.0 Å². The van der Waals surface area contributed by atoms with Gasteiger partial charge in [-0.2, -0.15) is 0 Å². The van der Waals surface area contributed by atoms with Crippen LogP contribution in [0.1, 0.15) is 27.0 Å². The molecule has 1 N–H and O–H groups in total. The Bertz CT molecular complexity index is 983. The van der Waals surface area contributed by atoms with Gasteiger partial charge in [-0.25, -0.2) is 4.39 Å². The Hall–Kier alpha value is -2.47. The minimum atomic E-state index is -0.685. The van der Waals surface area contributed by atoms with Crippen LogP contribution in [0.4, 0.5) is 4.39 Å². The zero-order valence-electron chi connectivity index (χ0n) is 14.8. The molecule has 7 heteroatoms. The van der Waals surface area contributed by atoms with E-state index in [4.69, 9.17) is 28.3 Å². The van der Waals surface area contributed by atoms with E-state index in [1.54, 1.807) is 36.7 Å². The minimum Gasteiger partial charge on any atom is -0.392 e. The number of benzene rings is 2. The molecule has 3 aromatic rings. The van der Waals surface area contributed by atoms with Gasteiger partial charge in [0.2, 0.25) is 0 Å². The number of carbonyl (C=O) groups excluding carboxylic acids is 1. The van der Waals surface area contributed by atoms with E-state index in [1.807, 2.05) is 6.07 Å². The van der Waals surface area contributed by atoms with Gasteiger partial charge >= 0.3 is 0 Å². The summed E-state index contributed by atoms with van der Waals surface area (Å²) in [6.07, 6.45) is 3.29. The molecule has 0 aliphatic heterocycles. The summed E-state index contributed by atoms with van der Waals surface area (Å²) in [5.41, 5.74) is 1.81. The number of aliphatic hydroxyl groups excluding tert-OH is 1. The van der Waals surface area contributed by atoms with Gasteiger partial charge in [-0.05, 0) is 47.0 Å². The molecular formula is C21H17Cl2FN2O2. The van der Waals surface area contributed by atoms with Crippen LogP contribution in [0.25, 0.3) is 0 Å². The number of halogens is 3. The average molecular weight is 419 g/mol. The Morgan fingerprint density at radius 2 is 1.89 bits per heavy atom. The lowest BCUT2D eigenvalue weighted by molar-refractivity contribution is 0.0725. The van der Waals surface area contributed by atoms with Crippen LogP contribution in [0.3, 0.4) is 0 Å². The zero-order valence-corrected chi connectivity index (χ0v) is 16.3. The summed E-state index contributed by atoms with van der Waals surface area (Å²) >= 11 is 12.2. The van der Waals surface area contributed by atoms with Crippen molar-refractivity contribution in [3.8, 4) is 0 Å². The molecule has 144 valence electrons. The van der Waals surface area contributed by atoms with Crippen LogP contribution in [0.5, 0.6) is 0 Å². The highest BCUT2D eigenvalue weighted by atomic mass is 35.5. The first-order valence-corrected chi connectivity index (χ1v) is 9.25. The van der Waals surface area contributed by atoms with Crippen molar-refractivity contribution in [2.24, 2.45) is 0 Å². The molecule has 1 amide bonds. The topological polar surface area (TPSA) is 53.4 Å². The van der Waals surface area contributed by atoms with Crippen molar-refractivity contribution in [1.82, 2.24) is 9.88 Å². The van der Waals surface area contributed by atoms with Gasteiger partial charge in [-0.15, -0.1) is 0 Å². The van der Waals surface area contributed by atoms with E-state index in [2.05, 4.69) is 4.98 Å². The van der Waals surface area contributed by atoms with Crippen molar-refractivity contribution in [2.45, 2.75) is 19.7 Å². The number of rotatable bonds is 6. The van der Waals surface area contributed by atoms with E-state index in [-0.39, 0.29) is 25.3 Å². The molecule has 0 fully saturated rings. The smallest absolute Gasteiger partial charge is 0.257 e. The molecule has 1 aromatic heterocycles. The van der Waals surface area contributed by atoms with Crippen molar-refractivity contribution in [3.05, 3.63) is 99.0 Å². The van der Waals surface area contributed by atoms with Crippen molar-refractivity contribution in [1.29, 1.82) is 0 Å². The predicted octanol–water partition coefficient (Wildman–Crippen LogP) is 4.86. The standard InChI is InChI=1S/C21H17Cl2FN2O2/c22-17-5-4-16(19(23)9-17)12-26(11-15-2-1-7-25-10-15)21(28)18-6-3-14(13-27)8-20(18)24/h1-10,27H,11-13H2. The Kier molecular flexibility index (Phi) is 6.62. The molecule has 4 nitrogen and oxygen atoms in total. The van der Waals surface area contributed by atoms with Gasteiger partial charge in [0.1, 0.15) is 5.82 Å². The summed E-state index contributed by atoms with van der Waals surface area (Å²) in [5.74, 6) is -1.17. The summed E-state index contributed by atoms with van der Waals surface area (Å²) in [5, 5.41) is 10.1. The van der Waals surface area contributed by atoms with Crippen LogP contribution >= 0.6 is 23.2 Å². The van der Waals surface area contributed by atoms with Crippen molar-refractivity contribution < 1.29 is 14.3 Å². The molecule has 1 heterocycles. The molecule has 28 heavy (non-hydrogen) atoms. The second-order valence-corrected chi connectivity index (χ2v) is 7.07. The molecule has 0 unspecified atom stereocenters. The minimum absolute atomic E-state index is 0.0776. The lowest BCUT2D eigenvalue weighted by Gasteiger charge is -2.24. The van der Waals surface area contributed by atoms with Crippen molar-refractivity contribution in [3.63, 3.8) is 0 Å². The number of hydrogen-bond acceptors (Lipinski definition) is 3. The highest BCUT2D eigenvalue weighted by Gasteiger charge is 2.21. The van der Waals surface area contributed by atoms with E-state index >= 15 is 0 Å². The summed E-state index contributed by atoms with van der Waals surface area (Å²) < 4.78 is 14.4. The van der Waals surface area contributed by atoms with Gasteiger partial charge in [-0.3, -0.25) is 9.78 Å². The number of carbonyl (C=O) groups is 1. The van der Waals surface area contributed by atoms with Crippen LogP contribution in [0, 0.1) is 5.82 Å². The predicted molar refractivity (Wildman–Crippen MR) is 107 cm³/mol. The maximum Gasteiger partial charge on any atom is 0.257 e. The summed E-state index contributed by atoms with van der Waals surface area (Å²) in [7, 11) is 0. The molecule has 0 spiro atoms. The maximum atomic E-state index is 14.4. The fourth-order valence-electron chi connectivity index (χ4n) is 2.77. The molecule has 0 atom stereocenters. The van der Waals surface area contributed by atoms with Crippen LogP contribution in [0.2, 0.25) is 10.0 Å². The van der Waals surface area contributed by atoms with E-state index in [0.29, 0.717) is 21.2 Å². The van der Waals surface area contributed by atoms with E-state index in [0.717, 1.165) is 11.6 Å². The third-order valence-electron chi connectivity index (χ3n) is 4.21. The Morgan fingerprint density at radius 3 is 2.54 bits per heavy atom. The molecular weight excluding hydrogens is 402 g/mol. The first kappa shape index (κ1) is 20.3. The number of aromatic nitrogens is 1. The fourth-order valence-corrected chi connectivity index (χ4v) is 3.24. The SMILES string of the molecule is O=C(c1ccc(CO)cc1F)N(Cc1cccnc1)Cc1ccc(Cl)cc1Cl. The third-order valence-corrected chi connectivity index (χ3v) is 4.79. The number of nitrogens with zero attached hydrogens (tertiary/aromatic N) is 2. The van der Waals surface area contributed by atoms with E-state index in [9.17, 15) is 9.18 Å². The maximum absolute atomic E-state index is 14.4.